The van der Waals surface area contributed by atoms with Crippen molar-refractivity contribution in [1.29, 1.82) is 0 Å². The number of H-pyrrole nitrogens is 1. The van der Waals surface area contributed by atoms with Crippen LogP contribution in [-0.4, -0.2) is 68.6 Å². The molecule has 8 nitrogen and oxygen atoms in total. The summed E-state index contributed by atoms with van der Waals surface area (Å²) in [5.41, 5.74) is 3.45. The topological polar surface area (TPSA) is 94.1 Å². The zero-order valence-corrected chi connectivity index (χ0v) is 17.3. The molecule has 2 aliphatic rings. The summed E-state index contributed by atoms with van der Waals surface area (Å²) in [5.74, 6) is 0.825. The number of phenols is 1. The number of hydrogen-bond donors (Lipinski definition) is 2. The number of piperidine rings is 2. The molecule has 0 radical (unpaired) electrons. The summed E-state index contributed by atoms with van der Waals surface area (Å²) < 4.78 is 0. The Labute approximate surface area is 176 Å². The molecule has 5 rings (SSSR count). The van der Waals surface area contributed by atoms with Crippen molar-refractivity contribution < 1.29 is 5.11 Å². The molecule has 0 bridgehead atoms. The van der Waals surface area contributed by atoms with Crippen LogP contribution in [0.4, 0.5) is 5.95 Å². The fraction of sp³-hybridized carbons (Fsp3) is 0.455. The van der Waals surface area contributed by atoms with Gasteiger partial charge in [-0.25, -0.2) is 4.98 Å². The molecule has 156 valence electrons. The molecule has 2 aromatic heterocycles. The van der Waals surface area contributed by atoms with Crippen LogP contribution in [0.5, 0.6) is 5.75 Å². The molecule has 1 aromatic carbocycles. The van der Waals surface area contributed by atoms with Crippen molar-refractivity contribution in [3.63, 3.8) is 0 Å². The van der Waals surface area contributed by atoms with Crippen LogP contribution in [-0.2, 0) is 0 Å². The van der Waals surface area contributed by atoms with Gasteiger partial charge in [-0.15, -0.1) is 10.2 Å². The number of benzene rings is 1. The van der Waals surface area contributed by atoms with Gasteiger partial charge in [-0.3, -0.25) is 5.10 Å². The Morgan fingerprint density at radius 2 is 1.90 bits per heavy atom. The van der Waals surface area contributed by atoms with E-state index in [0.717, 1.165) is 24.2 Å². The number of phenolic OH excluding ortho intramolecular Hbond substituents is 1. The highest BCUT2D eigenvalue weighted by atomic mass is 16.3. The van der Waals surface area contributed by atoms with E-state index in [9.17, 15) is 5.11 Å². The lowest BCUT2D eigenvalue weighted by Gasteiger charge is -2.46. The first kappa shape index (κ1) is 19.0. The second-order valence-electron chi connectivity index (χ2n) is 8.69. The van der Waals surface area contributed by atoms with Crippen LogP contribution in [0, 0.1) is 5.41 Å². The summed E-state index contributed by atoms with van der Waals surface area (Å²) in [7, 11) is 2.23. The Hall–Kier alpha value is -3.00. The van der Waals surface area contributed by atoms with Crippen LogP contribution in [0.25, 0.3) is 22.4 Å². The fourth-order valence-corrected chi connectivity index (χ4v) is 4.92. The largest absolute Gasteiger partial charge is 0.507 e. The van der Waals surface area contributed by atoms with Crippen LogP contribution < -0.4 is 4.90 Å². The summed E-state index contributed by atoms with van der Waals surface area (Å²) in [6.45, 7) is 4.36. The van der Waals surface area contributed by atoms with E-state index in [1.54, 1.807) is 24.7 Å². The Morgan fingerprint density at radius 1 is 1.03 bits per heavy atom. The van der Waals surface area contributed by atoms with E-state index in [2.05, 4.69) is 42.2 Å². The van der Waals surface area contributed by atoms with Gasteiger partial charge in [0.25, 0.3) is 0 Å². The predicted octanol–water partition coefficient (Wildman–Crippen LogP) is 2.95. The molecule has 30 heavy (non-hydrogen) atoms. The lowest BCUT2D eigenvalue weighted by atomic mass is 9.72. The maximum atomic E-state index is 10.5. The smallest absolute Gasteiger partial charge is 0.245 e. The van der Waals surface area contributed by atoms with Gasteiger partial charge >= 0.3 is 0 Å². The highest BCUT2D eigenvalue weighted by Gasteiger charge is 2.37. The van der Waals surface area contributed by atoms with E-state index in [4.69, 9.17) is 0 Å². The molecule has 8 heteroatoms. The number of anilines is 1. The van der Waals surface area contributed by atoms with E-state index in [1.807, 2.05) is 12.1 Å². The molecule has 2 N–H and O–H groups in total. The number of aromatic nitrogens is 5. The van der Waals surface area contributed by atoms with Crippen molar-refractivity contribution in [3.05, 3.63) is 36.8 Å². The molecular formula is C22H27N7O. The van der Waals surface area contributed by atoms with Crippen molar-refractivity contribution in [2.24, 2.45) is 5.41 Å². The molecule has 0 unspecified atom stereocenters. The van der Waals surface area contributed by atoms with Crippen molar-refractivity contribution in [2.75, 3.05) is 38.1 Å². The Balaban J connectivity index is 1.28. The summed E-state index contributed by atoms with van der Waals surface area (Å²) >= 11 is 0. The molecule has 2 saturated heterocycles. The molecule has 2 fully saturated rings. The van der Waals surface area contributed by atoms with Gasteiger partial charge in [-0.05, 0) is 62.4 Å². The lowest BCUT2D eigenvalue weighted by molar-refractivity contribution is 0.0818. The zero-order valence-electron chi connectivity index (χ0n) is 17.3. The Kier molecular flexibility index (Phi) is 4.86. The van der Waals surface area contributed by atoms with E-state index in [1.165, 1.54) is 38.8 Å². The van der Waals surface area contributed by atoms with E-state index in [-0.39, 0.29) is 5.75 Å². The molecule has 0 saturated carbocycles. The Morgan fingerprint density at radius 3 is 2.57 bits per heavy atom. The highest BCUT2D eigenvalue weighted by molar-refractivity contribution is 5.73. The third-order valence-electron chi connectivity index (χ3n) is 6.61. The summed E-state index contributed by atoms with van der Waals surface area (Å²) in [6.07, 6.45) is 10.2. The SMILES string of the molecule is CN1CCCC2(CCN(c3ncc(-c4ccc(-c5cn[nH]c5)cc4O)nn3)CC2)C1. The number of nitrogens with one attached hydrogen (secondary N) is 1. The minimum Gasteiger partial charge on any atom is -0.507 e. The zero-order chi connectivity index (χ0) is 20.6. The third-order valence-corrected chi connectivity index (χ3v) is 6.61. The second-order valence-corrected chi connectivity index (χ2v) is 8.69. The minimum atomic E-state index is 0.152. The average molecular weight is 406 g/mol. The molecule has 2 aliphatic heterocycles. The number of likely N-dealkylation sites (tertiary alicyclic amines) is 1. The van der Waals surface area contributed by atoms with Gasteiger partial charge in [0.2, 0.25) is 5.95 Å². The number of aromatic amines is 1. The van der Waals surface area contributed by atoms with Crippen LogP contribution in [0.1, 0.15) is 25.7 Å². The molecule has 0 aliphatic carbocycles. The molecule has 3 aromatic rings. The number of aromatic hydroxyl groups is 1. The Bertz CT molecular complexity index is 995. The van der Waals surface area contributed by atoms with Gasteiger partial charge in [0.05, 0.1) is 12.4 Å². The van der Waals surface area contributed by atoms with E-state index in [0.29, 0.717) is 22.6 Å². The van der Waals surface area contributed by atoms with Gasteiger partial charge in [-0.1, -0.05) is 6.07 Å². The molecular weight excluding hydrogens is 378 g/mol. The standard InChI is InChI=1S/C22H27N7O/c1-28-8-2-5-22(15-28)6-9-29(10-7-22)21-23-14-19(26-27-21)18-4-3-16(11-20(18)30)17-12-24-25-13-17/h3-4,11-14,30H,2,5-10,15H2,1H3,(H,24,25). The third kappa shape index (κ3) is 3.63. The maximum Gasteiger partial charge on any atom is 0.245 e. The van der Waals surface area contributed by atoms with Crippen LogP contribution in [0.2, 0.25) is 0 Å². The van der Waals surface area contributed by atoms with E-state index < -0.39 is 0 Å². The maximum absolute atomic E-state index is 10.5. The number of rotatable bonds is 3. The quantitative estimate of drug-likeness (QED) is 0.692. The molecule has 1 spiro atoms. The summed E-state index contributed by atoms with van der Waals surface area (Å²) in [5, 5.41) is 25.9. The molecule has 0 atom stereocenters. The monoisotopic (exact) mass is 405 g/mol. The average Bonchev–Trinajstić information content (AvgIpc) is 3.29. The van der Waals surface area contributed by atoms with Gasteiger partial charge in [0.15, 0.2) is 0 Å². The van der Waals surface area contributed by atoms with Crippen LogP contribution in [0.15, 0.2) is 36.8 Å². The fourth-order valence-electron chi connectivity index (χ4n) is 4.92. The van der Waals surface area contributed by atoms with Crippen molar-refractivity contribution in [1.82, 2.24) is 30.3 Å². The lowest BCUT2D eigenvalue weighted by Crippen LogP contribution is -2.48. The minimum absolute atomic E-state index is 0.152. The number of hydrogen-bond acceptors (Lipinski definition) is 7. The van der Waals surface area contributed by atoms with Crippen LogP contribution >= 0.6 is 0 Å². The van der Waals surface area contributed by atoms with Crippen molar-refractivity contribution in [2.45, 2.75) is 25.7 Å². The predicted molar refractivity (Wildman–Crippen MR) is 115 cm³/mol. The highest BCUT2D eigenvalue weighted by Crippen LogP contribution is 2.40. The van der Waals surface area contributed by atoms with Crippen LogP contribution in [0.3, 0.4) is 0 Å². The summed E-state index contributed by atoms with van der Waals surface area (Å²) in [4.78, 5) is 9.26. The van der Waals surface area contributed by atoms with Gasteiger partial charge < -0.3 is 14.9 Å². The van der Waals surface area contributed by atoms with Gasteiger partial charge in [0.1, 0.15) is 11.4 Å². The van der Waals surface area contributed by atoms with Crippen molar-refractivity contribution >= 4 is 5.95 Å². The van der Waals surface area contributed by atoms with Gasteiger partial charge in [-0.2, -0.15) is 5.10 Å². The first-order valence-corrected chi connectivity index (χ1v) is 10.6. The normalized spacial score (nSPS) is 19.3. The second kappa shape index (κ2) is 7.68. The van der Waals surface area contributed by atoms with E-state index >= 15 is 0 Å². The summed E-state index contributed by atoms with van der Waals surface area (Å²) in [6, 6.07) is 5.48. The number of nitrogens with zero attached hydrogens (tertiary/aromatic N) is 6. The van der Waals surface area contributed by atoms with Gasteiger partial charge in [0, 0.05) is 37.0 Å². The first-order chi connectivity index (χ1) is 14.6. The molecule has 0 amide bonds. The molecule has 4 heterocycles. The first-order valence-electron chi connectivity index (χ1n) is 10.6. The van der Waals surface area contributed by atoms with Crippen molar-refractivity contribution in [3.8, 4) is 28.1 Å².